The maximum Gasteiger partial charge on any atom is 0.322 e. The summed E-state index contributed by atoms with van der Waals surface area (Å²) in [4.78, 5) is 41.7. The first-order chi connectivity index (χ1) is 16.4. The number of amides is 4. The molecule has 2 aliphatic heterocycles. The molecule has 34 heavy (non-hydrogen) atoms. The van der Waals surface area contributed by atoms with Crippen LogP contribution in [0, 0.1) is 0 Å². The van der Waals surface area contributed by atoms with Crippen molar-refractivity contribution in [1.82, 2.24) is 20.4 Å². The first-order valence-corrected chi connectivity index (χ1v) is 12.0. The van der Waals surface area contributed by atoms with Crippen LogP contribution in [0.2, 0.25) is 10.0 Å². The second kappa shape index (κ2) is 10.5. The van der Waals surface area contributed by atoms with Crippen LogP contribution in [0.4, 0.5) is 4.79 Å². The summed E-state index contributed by atoms with van der Waals surface area (Å²) < 4.78 is 0. The summed E-state index contributed by atoms with van der Waals surface area (Å²) in [6, 6.07) is 14.0. The van der Waals surface area contributed by atoms with Gasteiger partial charge in [-0.1, -0.05) is 59.6 Å². The minimum absolute atomic E-state index is 0.118. The molecule has 0 radical (unpaired) electrons. The number of hydrogen-bond acceptors (Lipinski definition) is 3. The van der Waals surface area contributed by atoms with Gasteiger partial charge >= 0.3 is 6.03 Å². The molecule has 0 aliphatic carbocycles. The van der Waals surface area contributed by atoms with Crippen LogP contribution >= 0.6 is 23.2 Å². The van der Waals surface area contributed by atoms with Gasteiger partial charge in [-0.2, -0.15) is 0 Å². The van der Waals surface area contributed by atoms with E-state index >= 15 is 0 Å². The number of carbonyl (C=O) groups is 3. The third-order valence-corrected chi connectivity index (χ3v) is 6.64. The van der Waals surface area contributed by atoms with Crippen molar-refractivity contribution in [2.24, 2.45) is 0 Å². The summed E-state index contributed by atoms with van der Waals surface area (Å²) in [7, 11) is 0. The Morgan fingerprint density at radius 3 is 2.62 bits per heavy atom. The summed E-state index contributed by atoms with van der Waals surface area (Å²) in [6.07, 6.45) is 0.925. The summed E-state index contributed by atoms with van der Waals surface area (Å²) in [5.74, 6) is -0.325. The number of halogens is 2. The predicted molar refractivity (Wildman–Crippen MR) is 131 cm³/mol. The molecule has 9 heteroatoms. The Bertz CT molecular complexity index is 1140. The Hall–Kier alpha value is -3.03. The highest BCUT2D eigenvalue weighted by atomic mass is 35.5. The van der Waals surface area contributed by atoms with E-state index in [-0.39, 0.29) is 37.4 Å². The van der Waals surface area contributed by atoms with Gasteiger partial charge in [-0.05, 0) is 36.6 Å². The van der Waals surface area contributed by atoms with Gasteiger partial charge in [-0.3, -0.25) is 14.5 Å². The Morgan fingerprint density at radius 1 is 1.15 bits per heavy atom. The van der Waals surface area contributed by atoms with Crippen molar-refractivity contribution in [3.05, 3.63) is 81.0 Å². The molecule has 0 spiro atoms. The van der Waals surface area contributed by atoms with E-state index in [4.69, 9.17) is 23.2 Å². The maximum absolute atomic E-state index is 13.4. The van der Waals surface area contributed by atoms with Crippen LogP contribution in [-0.2, 0) is 16.0 Å². The highest BCUT2D eigenvalue weighted by Crippen LogP contribution is 2.39. The molecular weight excluding hydrogens is 475 g/mol. The molecule has 0 saturated heterocycles. The molecule has 0 unspecified atom stereocenters. The third-order valence-electron chi connectivity index (χ3n) is 6.07. The lowest BCUT2D eigenvalue weighted by Gasteiger charge is -2.33. The summed E-state index contributed by atoms with van der Waals surface area (Å²) in [6.45, 7) is 3.34. The minimum Gasteiger partial charge on any atom is -0.356 e. The van der Waals surface area contributed by atoms with E-state index in [0.29, 0.717) is 40.0 Å². The van der Waals surface area contributed by atoms with Crippen LogP contribution in [0.5, 0.6) is 0 Å². The van der Waals surface area contributed by atoms with Gasteiger partial charge in [0.05, 0.1) is 23.9 Å². The van der Waals surface area contributed by atoms with Gasteiger partial charge in [-0.25, -0.2) is 4.79 Å². The molecule has 1 atom stereocenters. The van der Waals surface area contributed by atoms with Gasteiger partial charge in [-0.15, -0.1) is 0 Å². The summed E-state index contributed by atoms with van der Waals surface area (Å²) in [5.41, 5.74) is 2.89. The SMILES string of the molecule is CCN1C(=O)N[C@H](c2ccc(Cl)cc2Cl)C2=C1CN(CCC(=O)NCCc1ccccc1)C2=O. The Balaban J connectivity index is 1.43. The minimum atomic E-state index is -0.674. The van der Waals surface area contributed by atoms with Crippen LogP contribution in [0.15, 0.2) is 59.8 Å². The van der Waals surface area contributed by atoms with Crippen molar-refractivity contribution < 1.29 is 14.4 Å². The highest BCUT2D eigenvalue weighted by molar-refractivity contribution is 6.35. The standard InChI is InChI=1S/C25H26Cl2N4O3/c1-2-31-20-15-30(13-11-21(32)28-12-10-16-6-4-3-5-7-16)24(33)22(20)23(29-25(31)34)18-9-8-17(26)14-19(18)27/h3-9,14,23H,2,10-13,15H2,1H3,(H,28,32)(H,29,34)/t23-/m1/s1. The summed E-state index contributed by atoms with van der Waals surface area (Å²) >= 11 is 12.4. The Morgan fingerprint density at radius 2 is 1.91 bits per heavy atom. The zero-order valence-electron chi connectivity index (χ0n) is 18.8. The van der Waals surface area contributed by atoms with Gasteiger partial charge in [0.1, 0.15) is 0 Å². The lowest BCUT2D eigenvalue weighted by Crippen LogP contribution is -2.47. The van der Waals surface area contributed by atoms with Crippen LogP contribution in [0.25, 0.3) is 0 Å². The number of nitrogens with zero attached hydrogens (tertiary/aromatic N) is 2. The normalized spacial score (nSPS) is 17.7. The zero-order valence-corrected chi connectivity index (χ0v) is 20.3. The molecule has 2 aromatic rings. The van der Waals surface area contributed by atoms with E-state index in [1.807, 2.05) is 37.3 Å². The van der Waals surface area contributed by atoms with Crippen LogP contribution in [-0.4, -0.2) is 53.8 Å². The summed E-state index contributed by atoms with van der Waals surface area (Å²) in [5, 5.41) is 6.65. The third kappa shape index (κ3) is 5.05. The van der Waals surface area contributed by atoms with Gasteiger partial charge in [0, 0.05) is 36.1 Å². The van der Waals surface area contributed by atoms with E-state index in [0.717, 1.165) is 12.0 Å². The number of nitrogens with one attached hydrogen (secondary N) is 2. The molecular formula is C25H26Cl2N4O3. The fourth-order valence-corrected chi connectivity index (χ4v) is 4.87. The molecule has 7 nitrogen and oxygen atoms in total. The van der Waals surface area contributed by atoms with E-state index in [9.17, 15) is 14.4 Å². The second-order valence-corrected chi connectivity index (χ2v) is 9.06. The van der Waals surface area contributed by atoms with Gasteiger partial charge in [0.15, 0.2) is 0 Å². The van der Waals surface area contributed by atoms with Crippen LogP contribution < -0.4 is 10.6 Å². The fourth-order valence-electron chi connectivity index (χ4n) is 4.35. The molecule has 0 aromatic heterocycles. The predicted octanol–water partition coefficient (Wildman–Crippen LogP) is 3.92. The molecule has 4 amide bonds. The second-order valence-electron chi connectivity index (χ2n) is 8.22. The van der Waals surface area contributed by atoms with Crippen molar-refractivity contribution >= 4 is 41.0 Å². The number of hydrogen-bond donors (Lipinski definition) is 2. The van der Waals surface area contributed by atoms with Crippen molar-refractivity contribution in [1.29, 1.82) is 0 Å². The fraction of sp³-hybridized carbons (Fsp3) is 0.320. The van der Waals surface area contributed by atoms with Crippen molar-refractivity contribution in [3.63, 3.8) is 0 Å². The number of likely N-dealkylation sites (N-methyl/N-ethyl adjacent to an activating group) is 1. The van der Waals surface area contributed by atoms with Crippen molar-refractivity contribution in [2.45, 2.75) is 25.8 Å². The number of rotatable bonds is 8. The largest absolute Gasteiger partial charge is 0.356 e. The van der Waals surface area contributed by atoms with Crippen LogP contribution in [0.3, 0.4) is 0 Å². The van der Waals surface area contributed by atoms with Crippen molar-refractivity contribution in [2.75, 3.05) is 26.2 Å². The van der Waals surface area contributed by atoms with Crippen LogP contribution in [0.1, 0.15) is 30.5 Å². The molecule has 2 N–H and O–H groups in total. The zero-order chi connectivity index (χ0) is 24.2. The smallest absolute Gasteiger partial charge is 0.322 e. The van der Waals surface area contributed by atoms with E-state index < -0.39 is 6.04 Å². The highest BCUT2D eigenvalue weighted by Gasteiger charge is 2.44. The number of carbonyl (C=O) groups excluding carboxylic acids is 3. The average molecular weight is 501 g/mol. The molecule has 0 saturated carbocycles. The van der Waals surface area contributed by atoms with Crippen molar-refractivity contribution in [3.8, 4) is 0 Å². The van der Waals surface area contributed by atoms with E-state index in [1.54, 1.807) is 28.0 Å². The molecule has 0 fully saturated rings. The molecule has 4 rings (SSSR count). The Kier molecular flexibility index (Phi) is 7.44. The quantitative estimate of drug-likeness (QED) is 0.576. The molecule has 2 aliphatic rings. The maximum atomic E-state index is 13.4. The van der Waals surface area contributed by atoms with Gasteiger partial charge in [0.25, 0.3) is 5.91 Å². The average Bonchev–Trinajstić information content (AvgIpc) is 3.14. The molecule has 178 valence electrons. The van der Waals surface area contributed by atoms with Gasteiger partial charge in [0.2, 0.25) is 5.91 Å². The Labute approximate surface area is 208 Å². The topological polar surface area (TPSA) is 81.8 Å². The monoisotopic (exact) mass is 500 g/mol. The lowest BCUT2D eigenvalue weighted by molar-refractivity contribution is -0.127. The molecule has 0 bridgehead atoms. The first kappa shape index (κ1) is 24.1. The number of benzene rings is 2. The van der Waals surface area contributed by atoms with E-state index in [2.05, 4.69) is 10.6 Å². The lowest BCUT2D eigenvalue weighted by atomic mass is 9.95. The van der Waals surface area contributed by atoms with Gasteiger partial charge < -0.3 is 15.5 Å². The van der Waals surface area contributed by atoms with E-state index in [1.165, 1.54) is 0 Å². The first-order valence-electron chi connectivity index (χ1n) is 11.2. The molecule has 2 aromatic carbocycles. The molecule has 2 heterocycles. The number of urea groups is 1.